The number of rotatable bonds is 1. The fourth-order valence-corrected chi connectivity index (χ4v) is 1.30. The minimum absolute atomic E-state index is 0.513. The molecule has 1 atom stereocenters. The van der Waals surface area contributed by atoms with E-state index in [1.54, 1.807) is 6.92 Å². The molecule has 0 saturated heterocycles. The Morgan fingerprint density at radius 2 is 2.17 bits per heavy atom. The van der Waals surface area contributed by atoms with Gasteiger partial charge >= 0.3 is 0 Å². The molecule has 1 aromatic heterocycles. The summed E-state index contributed by atoms with van der Waals surface area (Å²) in [6, 6.07) is 7.76. The van der Waals surface area contributed by atoms with Gasteiger partial charge in [-0.05, 0) is 13.0 Å². The van der Waals surface area contributed by atoms with Crippen molar-refractivity contribution in [1.29, 1.82) is 0 Å². The number of nitrogens with one attached hydrogen (secondary N) is 1. The number of hydrogen-bond acceptors (Lipinski definition) is 2. The van der Waals surface area contributed by atoms with E-state index in [0.29, 0.717) is 5.69 Å². The molecule has 1 heterocycles. The molecule has 0 aliphatic rings. The highest BCUT2D eigenvalue weighted by molar-refractivity contribution is 5.81. The zero-order valence-electron chi connectivity index (χ0n) is 6.78. The SMILES string of the molecule is CC(O)c1n[nH]c2ccccc12. The van der Waals surface area contributed by atoms with Gasteiger partial charge in [-0.3, -0.25) is 5.10 Å². The van der Waals surface area contributed by atoms with Gasteiger partial charge in [0.15, 0.2) is 0 Å². The molecule has 0 spiro atoms. The van der Waals surface area contributed by atoms with Crippen LogP contribution in [0.4, 0.5) is 0 Å². The van der Waals surface area contributed by atoms with E-state index in [-0.39, 0.29) is 0 Å². The van der Waals surface area contributed by atoms with Crippen LogP contribution in [0, 0.1) is 0 Å². The smallest absolute Gasteiger partial charge is 0.0983 e. The number of aromatic nitrogens is 2. The molecule has 0 aliphatic carbocycles. The standard InChI is InChI=1S/C9H10N2O/c1-6(12)9-7-4-2-3-5-8(7)10-11-9/h2-6,12H,1H3,(H,10,11). The van der Waals surface area contributed by atoms with Crippen molar-refractivity contribution in [2.45, 2.75) is 13.0 Å². The summed E-state index contributed by atoms with van der Waals surface area (Å²) in [7, 11) is 0. The Hall–Kier alpha value is -1.35. The van der Waals surface area contributed by atoms with Gasteiger partial charge in [0.05, 0.1) is 17.3 Å². The lowest BCUT2D eigenvalue weighted by atomic mass is 10.1. The van der Waals surface area contributed by atoms with Crippen LogP contribution in [-0.4, -0.2) is 15.3 Å². The number of benzene rings is 1. The molecule has 0 bridgehead atoms. The second-order valence-electron chi connectivity index (χ2n) is 2.83. The molecule has 2 N–H and O–H groups in total. The van der Waals surface area contributed by atoms with Gasteiger partial charge in [0.1, 0.15) is 0 Å². The maximum absolute atomic E-state index is 9.33. The molecule has 2 rings (SSSR count). The molecule has 0 amide bonds. The second kappa shape index (κ2) is 2.60. The molecule has 2 aromatic rings. The number of fused-ring (bicyclic) bond motifs is 1. The third-order valence-electron chi connectivity index (χ3n) is 1.90. The summed E-state index contributed by atoms with van der Waals surface area (Å²) < 4.78 is 0. The van der Waals surface area contributed by atoms with Crippen molar-refractivity contribution in [3.8, 4) is 0 Å². The largest absolute Gasteiger partial charge is 0.387 e. The summed E-state index contributed by atoms with van der Waals surface area (Å²) in [5, 5.41) is 17.2. The average Bonchev–Trinajstić information content (AvgIpc) is 2.47. The van der Waals surface area contributed by atoms with Crippen LogP contribution in [-0.2, 0) is 0 Å². The van der Waals surface area contributed by atoms with Gasteiger partial charge < -0.3 is 5.11 Å². The van der Waals surface area contributed by atoms with Crippen LogP contribution in [0.15, 0.2) is 24.3 Å². The van der Waals surface area contributed by atoms with Crippen LogP contribution >= 0.6 is 0 Å². The summed E-state index contributed by atoms with van der Waals surface area (Å²) in [6.07, 6.45) is -0.513. The number of aromatic amines is 1. The van der Waals surface area contributed by atoms with E-state index in [0.717, 1.165) is 10.9 Å². The van der Waals surface area contributed by atoms with Crippen LogP contribution in [0.3, 0.4) is 0 Å². The topological polar surface area (TPSA) is 48.9 Å². The zero-order chi connectivity index (χ0) is 8.55. The highest BCUT2D eigenvalue weighted by atomic mass is 16.3. The molecule has 1 unspecified atom stereocenters. The predicted octanol–water partition coefficient (Wildman–Crippen LogP) is 1.62. The number of H-pyrrole nitrogens is 1. The Kier molecular flexibility index (Phi) is 1.59. The average molecular weight is 162 g/mol. The fourth-order valence-electron chi connectivity index (χ4n) is 1.30. The third kappa shape index (κ3) is 0.987. The summed E-state index contributed by atoms with van der Waals surface area (Å²) in [5.74, 6) is 0. The highest BCUT2D eigenvalue weighted by Crippen LogP contribution is 2.20. The minimum atomic E-state index is -0.513. The van der Waals surface area contributed by atoms with Gasteiger partial charge in [-0.15, -0.1) is 0 Å². The van der Waals surface area contributed by atoms with Crippen molar-refractivity contribution in [2.75, 3.05) is 0 Å². The molecule has 0 fully saturated rings. The number of para-hydroxylation sites is 1. The van der Waals surface area contributed by atoms with Crippen LogP contribution in [0.1, 0.15) is 18.7 Å². The molecular formula is C9H10N2O. The Balaban J connectivity index is 2.70. The first-order valence-corrected chi connectivity index (χ1v) is 3.90. The van der Waals surface area contributed by atoms with Gasteiger partial charge in [0, 0.05) is 5.39 Å². The van der Waals surface area contributed by atoms with Gasteiger partial charge in [0.2, 0.25) is 0 Å². The lowest BCUT2D eigenvalue weighted by Crippen LogP contribution is -1.90. The summed E-state index contributed by atoms with van der Waals surface area (Å²) >= 11 is 0. The molecule has 3 heteroatoms. The zero-order valence-corrected chi connectivity index (χ0v) is 6.78. The van der Waals surface area contributed by atoms with Crippen molar-refractivity contribution in [2.24, 2.45) is 0 Å². The first-order valence-electron chi connectivity index (χ1n) is 3.90. The predicted molar refractivity (Wildman–Crippen MR) is 46.7 cm³/mol. The third-order valence-corrected chi connectivity index (χ3v) is 1.90. The van der Waals surface area contributed by atoms with Crippen LogP contribution in [0.2, 0.25) is 0 Å². The van der Waals surface area contributed by atoms with Gasteiger partial charge in [-0.1, -0.05) is 18.2 Å². The lowest BCUT2D eigenvalue weighted by molar-refractivity contribution is 0.195. The number of aliphatic hydroxyl groups is 1. The van der Waals surface area contributed by atoms with E-state index in [4.69, 9.17) is 0 Å². The van der Waals surface area contributed by atoms with E-state index < -0.39 is 6.10 Å². The first kappa shape index (κ1) is 7.31. The van der Waals surface area contributed by atoms with Gasteiger partial charge in [0.25, 0.3) is 0 Å². The monoisotopic (exact) mass is 162 g/mol. The van der Waals surface area contributed by atoms with Crippen molar-refractivity contribution in [3.05, 3.63) is 30.0 Å². The van der Waals surface area contributed by atoms with E-state index in [1.807, 2.05) is 24.3 Å². The molecule has 0 saturated carbocycles. The number of nitrogens with zero attached hydrogens (tertiary/aromatic N) is 1. The van der Waals surface area contributed by atoms with Crippen LogP contribution in [0.5, 0.6) is 0 Å². The maximum atomic E-state index is 9.33. The van der Waals surface area contributed by atoms with Gasteiger partial charge in [-0.2, -0.15) is 5.10 Å². The summed E-state index contributed by atoms with van der Waals surface area (Å²) in [6.45, 7) is 1.71. The molecule has 1 aromatic carbocycles. The normalized spacial score (nSPS) is 13.5. The Bertz CT molecular complexity index is 392. The fraction of sp³-hybridized carbons (Fsp3) is 0.222. The molecule has 62 valence electrons. The summed E-state index contributed by atoms with van der Waals surface area (Å²) in [4.78, 5) is 0. The van der Waals surface area contributed by atoms with E-state index in [9.17, 15) is 5.11 Å². The number of hydrogen-bond donors (Lipinski definition) is 2. The van der Waals surface area contributed by atoms with E-state index in [1.165, 1.54) is 0 Å². The van der Waals surface area contributed by atoms with Crippen molar-refractivity contribution in [1.82, 2.24) is 10.2 Å². The highest BCUT2D eigenvalue weighted by Gasteiger charge is 2.08. The molecule has 3 nitrogen and oxygen atoms in total. The lowest BCUT2D eigenvalue weighted by Gasteiger charge is -1.97. The Morgan fingerprint density at radius 1 is 1.42 bits per heavy atom. The second-order valence-corrected chi connectivity index (χ2v) is 2.83. The van der Waals surface area contributed by atoms with Crippen LogP contribution < -0.4 is 0 Å². The molecule has 0 aliphatic heterocycles. The molecular weight excluding hydrogens is 152 g/mol. The Morgan fingerprint density at radius 3 is 2.92 bits per heavy atom. The molecule has 0 radical (unpaired) electrons. The molecule has 12 heavy (non-hydrogen) atoms. The number of aliphatic hydroxyl groups excluding tert-OH is 1. The van der Waals surface area contributed by atoms with Gasteiger partial charge in [-0.25, -0.2) is 0 Å². The quantitative estimate of drug-likeness (QED) is 0.669. The van der Waals surface area contributed by atoms with Crippen molar-refractivity contribution >= 4 is 10.9 Å². The minimum Gasteiger partial charge on any atom is -0.387 e. The maximum Gasteiger partial charge on any atom is 0.0983 e. The summed E-state index contributed by atoms with van der Waals surface area (Å²) in [5.41, 5.74) is 1.68. The van der Waals surface area contributed by atoms with Crippen molar-refractivity contribution in [3.63, 3.8) is 0 Å². The van der Waals surface area contributed by atoms with Crippen molar-refractivity contribution < 1.29 is 5.11 Å². The Labute approximate surface area is 70.0 Å². The first-order chi connectivity index (χ1) is 5.79. The van der Waals surface area contributed by atoms with Crippen LogP contribution in [0.25, 0.3) is 10.9 Å². The van der Waals surface area contributed by atoms with E-state index >= 15 is 0 Å². The van der Waals surface area contributed by atoms with E-state index in [2.05, 4.69) is 10.2 Å².